The van der Waals surface area contributed by atoms with Crippen LogP contribution in [-0.4, -0.2) is 17.6 Å². The van der Waals surface area contributed by atoms with Gasteiger partial charge in [0.2, 0.25) is 0 Å². The number of rotatable bonds is 4. The fourth-order valence-corrected chi connectivity index (χ4v) is 3.62. The normalized spacial score (nSPS) is 11.6. The van der Waals surface area contributed by atoms with Gasteiger partial charge < -0.3 is 16.3 Å². The summed E-state index contributed by atoms with van der Waals surface area (Å²) in [7, 11) is 0. The van der Waals surface area contributed by atoms with E-state index in [1.807, 2.05) is 12.1 Å². The van der Waals surface area contributed by atoms with Crippen molar-refractivity contribution >= 4 is 59.3 Å². The minimum atomic E-state index is 0.205. The molecule has 0 unspecified atom stereocenters. The van der Waals surface area contributed by atoms with Crippen LogP contribution in [0.5, 0.6) is 0 Å². The molecule has 0 fully saturated rings. The average molecular weight is 416 g/mol. The first kappa shape index (κ1) is 13.8. The monoisotopic (exact) mass is 413 g/mol. The average Bonchev–Trinajstić information content (AvgIpc) is 2.21. The third-order valence-corrected chi connectivity index (χ3v) is 3.53. The third kappa shape index (κ3) is 3.95. The van der Waals surface area contributed by atoms with E-state index in [9.17, 15) is 0 Å². The molecule has 0 radical (unpaired) electrons. The second-order valence-electron chi connectivity index (χ2n) is 3.01. The first-order chi connectivity index (χ1) is 7.54. The first-order valence-electron chi connectivity index (χ1n) is 4.39. The molecule has 0 amide bonds. The lowest BCUT2D eigenvalue weighted by atomic mass is 10.3. The number of hydrogen-bond donors (Lipinski definition) is 3. The van der Waals surface area contributed by atoms with Gasteiger partial charge in [0, 0.05) is 26.4 Å². The van der Waals surface area contributed by atoms with Crippen LogP contribution in [0.4, 0.5) is 5.69 Å². The SMILES string of the molecule is NC(CCNc1c(Br)cc(Br)cc1Br)=NO. The van der Waals surface area contributed by atoms with Gasteiger partial charge in [-0.1, -0.05) is 21.1 Å². The largest absolute Gasteiger partial charge is 0.409 e. The highest BCUT2D eigenvalue weighted by Crippen LogP contribution is 2.34. The summed E-state index contributed by atoms with van der Waals surface area (Å²) in [4.78, 5) is 0. The number of nitrogens with two attached hydrogens (primary N) is 1. The maximum absolute atomic E-state index is 8.39. The predicted molar refractivity (Wildman–Crippen MR) is 76.1 cm³/mol. The topological polar surface area (TPSA) is 70.6 Å². The van der Waals surface area contributed by atoms with Crippen LogP contribution >= 0.6 is 47.8 Å². The van der Waals surface area contributed by atoms with Gasteiger partial charge in [-0.2, -0.15) is 0 Å². The van der Waals surface area contributed by atoms with Gasteiger partial charge in [-0.25, -0.2) is 0 Å². The van der Waals surface area contributed by atoms with E-state index in [1.54, 1.807) is 0 Å². The molecule has 0 aromatic heterocycles. The van der Waals surface area contributed by atoms with Crippen molar-refractivity contribution in [2.24, 2.45) is 10.9 Å². The van der Waals surface area contributed by atoms with E-state index in [-0.39, 0.29) is 5.84 Å². The Kier molecular flexibility index (Phi) is 5.57. The Morgan fingerprint density at radius 1 is 1.31 bits per heavy atom. The summed E-state index contributed by atoms with van der Waals surface area (Å²) in [6, 6.07) is 3.88. The number of nitrogens with zero attached hydrogens (tertiary/aromatic N) is 1. The molecule has 0 aliphatic heterocycles. The van der Waals surface area contributed by atoms with Gasteiger partial charge in [0.25, 0.3) is 0 Å². The summed E-state index contributed by atoms with van der Waals surface area (Å²) >= 11 is 10.3. The van der Waals surface area contributed by atoms with Crippen molar-refractivity contribution in [2.75, 3.05) is 11.9 Å². The quantitative estimate of drug-likeness (QED) is 0.305. The molecule has 0 heterocycles. The van der Waals surface area contributed by atoms with Gasteiger partial charge in [-0.15, -0.1) is 0 Å². The molecule has 1 aromatic carbocycles. The lowest BCUT2D eigenvalue weighted by molar-refractivity contribution is 0.317. The summed E-state index contributed by atoms with van der Waals surface area (Å²) < 4.78 is 2.86. The van der Waals surface area contributed by atoms with Crippen LogP contribution in [0.3, 0.4) is 0 Å². The van der Waals surface area contributed by atoms with Crippen LogP contribution in [0, 0.1) is 0 Å². The summed E-state index contributed by atoms with van der Waals surface area (Å²) in [5.41, 5.74) is 6.31. The van der Waals surface area contributed by atoms with Crippen molar-refractivity contribution < 1.29 is 5.21 Å². The molecule has 0 aliphatic rings. The minimum Gasteiger partial charge on any atom is -0.409 e. The molecule has 0 bridgehead atoms. The Hall–Kier alpha value is -0.270. The minimum absolute atomic E-state index is 0.205. The number of nitrogens with one attached hydrogen (secondary N) is 1. The Bertz CT molecular complexity index is 386. The van der Waals surface area contributed by atoms with Crippen LogP contribution < -0.4 is 11.1 Å². The van der Waals surface area contributed by atoms with E-state index in [4.69, 9.17) is 10.9 Å². The van der Waals surface area contributed by atoms with Crippen LogP contribution in [0.15, 0.2) is 30.7 Å². The molecule has 4 nitrogen and oxygen atoms in total. The van der Waals surface area contributed by atoms with Crippen LogP contribution in [0.25, 0.3) is 0 Å². The molecule has 16 heavy (non-hydrogen) atoms. The van der Waals surface area contributed by atoms with Gasteiger partial charge in [0.1, 0.15) is 5.84 Å². The molecule has 0 saturated heterocycles. The Morgan fingerprint density at radius 2 is 1.88 bits per heavy atom. The highest BCUT2D eigenvalue weighted by Gasteiger charge is 2.06. The van der Waals surface area contributed by atoms with Gasteiger partial charge in [-0.05, 0) is 44.0 Å². The van der Waals surface area contributed by atoms with Crippen LogP contribution in [0.2, 0.25) is 0 Å². The van der Waals surface area contributed by atoms with Crippen molar-refractivity contribution in [3.63, 3.8) is 0 Å². The van der Waals surface area contributed by atoms with Crippen molar-refractivity contribution in [3.8, 4) is 0 Å². The van der Waals surface area contributed by atoms with E-state index in [1.165, 1.54) is 0 Å². The lowest BCUT2D eigenvalue weighted by Crippen LogP contribution is -2.16. The number of amidine groups is 1. The van der Waals surface area contributed by atoms with E-state index >= 15 is 0 Å². The van der Waals surface area contributed by atoms with Crippen molar-refractivity contribution in [1.82, 2.24) is 0 Å². The zero-order chi connectivity index (χ0) is 12.1. The maximum atomic E-state index is 8.39. The Balaban J connectivity index is 2.67. The zero-order valence-electron chi connectivity index (χ0n) is 8.17. The molecule has 1 rings (SSSR count). The van der Waals surface area contributed by atoms with Gasteiger partial charge in [0.15, 0.2) is 0 Å². The molecule has 1 aromatic rings. The van der Waals surface area contributed by atoms with E-state index in [0.717, 1.165) is 19.1 Å². The van der Waals surface area contributed by atoms with Crippen LogP contribution in [-0.2, 0) is 0 Å². The summed E-state index contributed by atoms with van der Waals surface area (Å²) in [6.07, 6.45) is 0.478. The summed E-state index contributed by atoms with van der Waals surface area (Å²) in [6.45, 7) is 0.592. The number of oxime groups is 1. The van der Waals surface area contributed by atoms with E-state index in [0.29, 0.717) is 13.0 Å². The fraction of sp³-hybridized carbons (Fsp3) is 0.222. The smallest absolute Gasteiger partial charge is 0.140 e. The van der Waals surface area contributed by atoms with Crippen molar-refractivity contribution in [1.29, 1.82) is 0 Å². The summed E-state index contributed by atoms with van der Waals surface area (Å²) in [5, 5.41) is 14.5. The first-order valence-corrected chi connectivity index (χ1v) is 6.77. The van der Waals surface area contributed by atoms with Crippen molar-refractivity contribution in [3.05, 3.63) is 25.6 Å². The van der Waals surface area contributed by atoms with Crippen LogP contribution in [0.1, 0.15) is 6.42 Å². The van der Waals surface area contributed by atoms with E-state index in [2.05, 4.69) is 58.3 Å². The number of halogens is 3. The second-order valence-corrected chi connectivity index (χ2v) is 5.64. The maximum Gasteiger partial charge on any atom is 0.140 e. The lowest BCUT2D eigenvalue weighted by Gasteiger charge is -2.10. The summed E-state index contributed by atoms with van der Waals surface area (Å²) in [5.74, 6) is 0.205. The third-order valence-electron chi connectivity index (χ3n) is 1.82. The van der Waals surface area contributed by atoms with Gasteiger partial charge in [-0.3, -0.25) is 0 Å². The number of benzene rings is 1. The fourth-order valence-electron chi connectivity index (χ4n) is 1.08. The highest BCUT2D eigenvalue weighted by atomic mass is 79.9. The standard InChI is InChI=1S/C9H10Br3N3O/c10-5-3-6(11)9(7(12)4-5)14-2-1-8(13)15-16/h3-4,14,16H,1-2H2,(H2,13,15). The molecule has 0 atom stereocenters. The highest BCUT2D eigenvalue weighted by molar-refractivity contribution is 9.11. The molecule has 7 heteroatoms. The zero-order valence-corrected chi connectivity index (χ0v) is 12.9. The molecule has 88 valence electrons. The number of anilines is 1. The Labute approximate surface area is 119 Å². The predicted octanol–water partition coefficient (Wildman–Crippen LogP) is 3.52. The van der Waals surface area contributed by atoms with Crippen molar-refractivity contribution in [2.45, 2.75) is 6.42 Å². The molecule has 0 saturated carbocycles. The molecule has 4 N–H and O–H groups in total. The van der Waals surface area contributed by atoms with E-state index < -0.39 is 0 Å². The Morgan fingerprint density at radius 3 is 2.38 bits per heavy atom. The van der Waals surface area contributed by atoms with Gasteiger partial charge in [0.05, 0.1) is 5.69 Å². The molecule has 0 aliphatic carbocycles. The number of hydrogen-bond acceptors (Lipinski definition) is 3. The van der Waals surface area contributed by atoms with Gasteiger partial charge >= 0.3 is 0 Å². The molecular formula is C9H10Br3N3O. The molecular weight excluding hydrogens is 406 g/mol. The molecule has 0 spiro atoms. The second kappa shape index (κ2) is 6.46.